The molecule has 27 heavy (non-hydrogen) atoms. The Balaban J connectivity index is 1.94. The first kappa shape index (κ1) is 19.5. The van der Waals surface area contributed by atoms with Gasteiger partial charge in [0.1, 0.15) is 0 Å². The van der Waals surface area contributed by atoms with Crippen LogP contribution in [0.1, 0.15) is 31.6 Å². The summed E-state index contributed by atoms with van der Waals surface area (Å²) in [5.41, 5.74) is 0.630. The Bertz CT molecular complexity index is 1150. The third-order valence-corrected chi connectivity index (χ3v) is 6.70. The molecule has 0 aliphatic carbocycles. The number of hydrogen-bond donors (Lipinski definition) is 1. The molecule has 1 aromatic carbocycles. The number of benzene rings is 1. The number of nitrogens with zero attached hydrogens (tertiary/aromatic N) is 3. The molecule has 2 aromatic heterocycles. The predicted molar refractivity (Wildman–Crippen MR) is 101 cm³/mol. The van der Waals surface area contributed by atoms with E-state index in [1.54, 1.807) is 16.7 Å². The Hall–Kier alpha value is -2.30. The molecule has 0 aliphatic heterocycles. The first-order valence-corrected chi connectivity index (χ1v) is 11.7. The van der Waals surface area contributed by atoms with E-state index in [1.807, 2.05) is 19.1 Å². The molecule has 0 unspecified atom stereocenters. The zero-order valence-electron chi connectivity index (χ0n) is 14.9. The van der Waals surface area contributed by atoms with Crippen molar-refractivity contribution in [3.8, 4) is 0 Å². The topological polar surface area (TPSA) is 110 Å². The minimum atomic E-state index is -3.86. The van der Waals surface area contributed by atoms with Crippen LogP contribution in [0.5, 0.6) is 0 Å². The molecule has 3 rings (SSSR count). The number of sulfone groups is 1. The number of rotatable bonds is 7. The Morgan fingerprint density at radius 3 is 2.30 bits per heavy atom. The lowest BCUT2D eigenvalue weighted by Crippen LogP contribution is -2.30. The molecule has 0 saturated heterocycles. The third kappa shape index (κ3) is 4.18. The average Bonchev–Trinajstić information content (AvgIpc) is 3.05. The first-order valence-electron chi connectivity index (χ1n) is 8.34. The highest BCUT2D eigenvalue weighted by molar-refractivity contribution is 7.90. The summed E-state index contributed by atoms with van der Waals surface area (Å²) in [4.78, 5) is 0.0554. The van der Waals surface area contributed by atoms with Crippen molar-refractivity contribution in [1.82, 2.24) is 19.3 Å². The Morgan fingerprint density at radius 2 is 1.67 bits per heavy atom. The van der Waals surface area contributed by atoms with Gasteiger partial charge >= 0.3 is 0 Å². The lowest BCUT2D eigenvalue weighted by Gasteiger charge is -2.17. The molecule has 0 bridgehead atoms. The second kappa shape index (κ2) is 7.37. The second-order valence-electron chi connectivity index (χ2n) is 6.19. The van der Waals surface area contributed by atoms with Crippen molar-refractivity contribution in [2.75, 3.05) is 6.26 Å². The average molecular weight is 409 g/mol. The van der Waals surface area contributed by atoms with Crippen LogP contribution in [0, 0.1) is 0 Å². The van der Waals surface area contributed by atoms with Crippen molar-refractivity contribution in [1.29, 1.82) is 0 Å². The zero-order chi connectivity index (χ0) is 19.7. The summed E-state index contributed by atoms with van der Waals surface area (Å²) in [7, 11) is -7.26. The van der Waals surface area contributed by atoms with E-state index < -0.39 is 25.9 Å². The van der Waals surface area contributed by atoms with Gasteiger partial charge in [0.15, 0.2) is 21.3 Å². The highest BCUT2D eigenvalue weighted by atomic mass is 32.2. The summed E-state index contributed by atoms with van der Waals surface area (Å²) in [6.45, 7) is 1.95. The number of sulfonamides is 1. The fraction of sp³-hybridized carbons (Fsp3) is 0.294. The SMILES string of the molecule is CCC[C@H](NS(=O)(=O)c1ccc(S(C)(=O)=O)cc1)c1nnc2ccccn12. The van der Waals surface area contributed by atoms with Gasteiger partial charge in [-0.05, 0) is 42.8 Å². The van der Waals surface area contributed by atoms with E-state index in [2.05, 4.69) is 14.9 Å². The lowest BCUT2D eigenvalue weighted by molar-refractivity contribution is 0.517. The van der Waals surface area contributed by atoms with Crippen molar-refractivity contribution in [2.45, 2.75) is 35.6 Å². The van der Waals surface area contributed by atoms with Crippen LogP contribution >= 0.6 is 0 Å². The number of pyridine rings is 1. The molecule has 0 aliphatic rings. The Morgan fingerprint density at radius 1 is 1.00 bits per heavy atom. The summed E-state index contributed by atoms with van der Waals surface area (Å²) in [5.74, 6) is 0.504. The van der Waals surface area contributed by atoms with Gasteiger partial charge in [0.2, 0.25) is 10.0 Å². The van der Waals surface area contributed by atoms with E-state index >= 15 is 0 Å². The van der Waals surface area contributed by atoms with Gasteiger partial charge in [-0.15, -0.1) is 10.2 Å². The van der Waals surface area contributed by atoms with Crippen molar-refractivity contribution < 1.29 is 16.8 Å². The largest absolute Gasteiger partial charge is 0.285 e. The van der Waals surface area contributed by atoms with E-state index in [4.69, 9.17) is 0 Å². The summed E-state index contributed by atoms with van der Waals surface area (Å²) >= 11 is 0. The van der Waals surface area contributed by atoms with Crippen LogP contribution in [0.15, 0.2) is 58.5 Å². The molecule has 0 fully saturated rings. The van der Waals surface area contributed by atoms with E-state index in [0.29, 0.717) is 17.9 Å². The fourth-order valence-electron chi connectivity index (χ4n) is 2.75. The van der Waals surface area contributed by atoms with Gasteiger partial charge in [-0.1, -0.05) is 19.4 Å². The van der Waals surface area contributed by atoms with E-state index in [0.717, 1.165) is 12.7 Å². The second-order valence-corrected chi connectivity index (χ2v) is 9.92. The smallest absolute Gasteiger partial charge is 0.241 e. The summed E-state index contributed by atoms with van der Waals surface area (Å²) < 4.78 is 53.1. The summed E-state index contributed by atoms with van der Waals surface area (Å²) in [6.07, 6.45) is 4.13. The van der Waals surface area contributed by atoms with Crippen molar-refractivity contribution in [3.05, 3.63) is 54.5 Å². The molecule has 144 valence electrons. The molecule has 0 spiro atoms. The normalized spacial score (nSPS) is 13.7. The molecule has 0 saturated carbocycles. The summed E-state index contributed by atoms with van der Waals surface area (Å²) in [5, 5.41) is 8.22. The fourth-order valence-corrected chi connectivity index (χ4v) is 4.61. The number of nitrogens with one attached hydrogen (secondary N) is 1. The van der Waals surface area contributed by atoms with Crippen LogP contribution in [0.25, 0.3) is 5.65 Å². The van der Waals surface area contributed by atoms with Crippen LogP contribution in [0.2, 0.25) is 0 Å². The van der Waals surface area contributed by atoms with Gasteiger partial charge < -0.3 is 0 Å². The number of fused-ring (bicyclic) bond motifs is 1. The standard InChI is InChI=1S/C17H20N4O4S2/c1-3-6-15(17-19-18-16-7-4-5-12-21(16)17)20-27(24,25)14-10-8-13(9-11-14)26(2,22)23/h4-5,7-12,15,20H,3,6H2,1-2H3/t15-/m0/s1. The van der Waals surface area contributed by atoms with Crippen molar-refractivity contribution in [3.63, 3.8) is 0 Å². The molecule has 0 radical (unpaired) electrons. The van der Waals surface area contributed by atoms with E-state index in [-0.39, 0.29) is 9.79 Å². The molecule has 2 heterocycles. The monoisotopic (exact) mass is 408 g/mol. The predicted octanol–water partition coefficient (Wildman–Crippen LogP) is 1.95. The Kier molecular flexibility index (Phi) is 5.31. The quantitative estimate of drug-likeness (QED) is 0.640. The molecule has 10 heteroatoms. The highest BCUT2D eigenvalue weighted by Gasteiger charge is 2.25. The lowest BCUT2D eigenvalue weighted by atomic mass is 10.2. The maximum absolute atomic E-state index is 12.8. The maximum atomic E-state index is 12.8. The highest BCUT2D eigenvalue weighted by Crippen LogP contribution is 2.22. The van der Waals surface area contributed by atoms with Crippen LogP contribution < -0.4 is 4.72 Å². The van der Waals surface area contributed by atoms with Gasteiger partial charge in [-0.25, -0.2) is 21.6 Å². The minimum absolute atomic E-state index is 0.00942. The molecular weight excluding hydrogens is 388 g/mol. The van der Waals surface area contributed by atoms with Gasteiger partial charge in [0.25, 0.3) is 0 Å². The molecule has 1 N–H and O–H groups in total. The van der Waals surface area contributed by atoms with Crippen LogP contribution in [0.3, 0.4) is 0 Å². The number of hydrogen-bond acceptors (Lipinski definition) is 6. The van der Waals surface area contributed by atoms with Crippen molar-refractivity contribution >= 4 is 25.5 Å². The van der Waals surface area contributed by atoms with Crippen LogP contribution in [-0.2, 0) is 19.9 Å². The first-order chi connectivity index (χ1) is 12.7. The van der Waals surface area contributed by atoms with Crippen LogP contribution in [0.4, 0.5) is 0 Å². The minimum Gasteiger partial charge on any atom is -0.285 e. The molecular formula is C17H20N4O4S2. The van der Waals surface area contributed by atoms with E-state index in [9.17, 15) is 16.8 Å². The molecule has 3 aromatic rings. The summed E-state index contributed by atoms with van der Waals surface area (Å²) in [6, 6.07) is 10.0. The van der Waals surface area contributed by atoms with Gasteiger partial charge in [-0.2, -0.15) is 0 Å². The van der Waals surface area contributed by atoms with Gasteiger partial charge in [-0.3, -0.25) is 4.40 Å². The maximum Gasteiger partial charge on any atom is 0.241 e. The Labute approximate surface area is 158 Å². The van der Waals surface area contributed by atoms with Crippen molar-refractivity contribution in [2.24, 2.45) is 0 Å². The zero-order valence-corrected chi connectivity index (χ0v) is 16.5. The third-order valence-electron chi connectivity index (χ3n) is 4.09. The molecule has 8 nitrogen and oxygen atoms in total. The number of aromatic nitrogens is 3. The van der Waals surface area contributed by atoms with Gasteiger partial charge in [0.05, 0.1) is 15.8 Å². The molecule has 0 amide bonds. The van der Waals surface area contributed by atoms with Crippen LogP contribution in [-0.4, -0.2) is 37.7 Å². The van der Waals surface area contributed by atoms with E-state index in [1.165, 1.54) is 24.3 Å². The molecule has 1 atom stereocenters. The van der Waals surface area contributed by atoms with Gasteiger partial charge in [0, 0.05) is 12.5 Å².